The van der Waals surface area contributed by atoms with E-state index in [1.165, 1.54) is 5.56 Å². The summed E-state index contributed by atoms with van der Waals surface area (Å²) in [6.45, 7) is 0.965. The number of anilines is 1. The molecule has 5 heteroatoms. The largest absolute Gasteiger partial charge is 0.477 e. The van der Waals surface area contributed by atoms with Gasteiger partial charge in [-0.1, -0.05) is 12.1 Å². The zero-order valence-electron chi connectivity index (χ0n) is 10.9. The average Bonchev–Trinajstić information content (AvgIpc) is 2.94. The van der Waals surface area contributed by atoms with Crippen molar-refractivity contribution in [2.75, 3.05) is 11.9 Å². The van der Waals surface area contributed by atoms with Gasteiger partial charge in [0, 0.05) is 12.7 Å². The highest BCUT2D eigenvalue weighted by Crippen LogP contribution is 2.20. The van der Waals surface area contributed by atoms with E-state index in [1.54, 1.807) is 12.3 Å². The van der Waals surface area contributed by atoms with Crippen molar-refractivity contribution in [1.29, 1.82) is 0 Å². The third-order valence-electron chi connectivity index (χ3n) is 3.30. The summed E-state index contributed by atoms with van der Waals surface area (Å²) >= 11 is 0. The van der Waals surface area contributed by atoms with E-state index in [9.17, 15) is 4.79 Å². The molecule has 1 aliphatic heterocycles. The minimum absolute atomic E-state index is 0.185. The summed E-state index contributed by atoms with van der Waals surface area (Å²) in [5.41, 5.74) is 3.11. The Kier molecular flexibility index (Phi) is 3.25. The van der Waals surface area contributed by atoms with E-state index in [1.807, 2.05) is 18.2 Å². The fraction of sp³-hybridized carbons (Fsp3) is 0.200. The van der Waals surface area contributed by atoms with Gasteiger partial charge >= 0.3 is 5.97 Å². The molecule has 0 aromatic carbocycles. The molecule has 0 saturated heterocycles. The van der Waals surface area contributed by atoms with Crippen LogP contribution in [0.5, 0.6) is 0 Å². The molecule has 0 spiro atoms. The molecule has 0 saturated carbocycles. The molecule has 0 radical (unpaired) electrons. The molecule has 0 fully saturated rings. The number of aromatic carboxylic acids is 1. The van der Waals surface area contributed by atoms with Gasteiger partial charge in [-0.05, 0) is 42.2 Å². The molecule has 3 N–H and O–H groups in total. The maximum atomic E-state index is 10.8. The molecular weight excluding hydrogens is 254 g/mol. The number of hydrogen-bond acceptors (Lipinski definition) is 3. The maximum Gasteiger partial charge on any atom is 0.352 e. The Balaban J connectivity index is 1.79. The highest BCUT2D eigenvalue weighted by Gasteiger charge is 2.09. The van der Waals surface area contributed by atoms with E-state index < -0.39 is 5.97 Å². The van der Waals surface area contributed by atoms with Crippen LogP contribution in [0.3, 0.4) is 0 Å². The zero-order valence-corrected chi connectivity index (χ0v) is 10.9. The molecule has 2 aromatic heterocycles. The molecule has 1 aliphatic rings. The Bertz CT molecular complexity index is 674. The van der Waals surface area contributed by atoms with Gasteiger partial charge in [-0.3, -0.25) is 0 Å². The Morgan fingerprint density at radius 1 is 1.35 bits per heavy atom. The number of nitrogens with one attached hydrogen (secondary N) is 2. The lowest BCUT2D eigenvalue weighted by Crippen LogP contribution is -2.13. The van der Waals surface area contributed by atoms with Crippen molar-refractivity contribution in [2.45, 2.75) is 12.8 Å². The number of aryl methyl sites for hydroxylation is 1. The predicted molar refractivity (Wildman–Crippen MR) is 77.7 cm³/mol. The van der Waals surface area contributed by atoms with Crippen molar-refractivity contribution >= 4 is 23.9 Å². The van der Waals surface area contributed by atoms with Crippen LogP contribution in [0.1, 0.15) is 33.7 Å². The van der Waals surface area contributed by atoms with Gasteiger partial charge in [-0.25, -0.2) is 9.78 Å². The van der Waals surface area contributed by atoms with E-state index in [0.29, 0.717) is 0 Å². The minimum atomic E-state index is -0.958. The molecular formula is C15H15N3O2. The first-order chi connectivity index (χ1) is 9.72. The first-order valence-electron chi connectivity index (χ1n) is 6.56. The quantitative estimate of drug-likeness (QED) is 0.800. The molecule has 0 atom stereocenters. The lowest BCUT2D eigenvalue weighted by Gasteiger charge is -2.16. The molecule has 20 heavy (non-hydrogen) atoms. The lowest BCUT2D eigenvalue weighted by molar-refractivity contribution is 0.0691. The number of aromatic nitrogens is 2. The molecule has 0 aliphatic carbocycles. The van der Waals surface area contributed by atoms with Crippen LogP contribution in [0.4, 0.5) is 5.82 Å². The molecule has 5 nitrogen and oxygen atoms in total. The van der Waals surface area contributed by atoms with Crippen LogP contribution in [0.15, 0.2) is 24.4 Å². The van der Waals surface area contributed by atoms with Crippen LogP contribution in [0, 0.1) is 0 Å². The lowest BCUT2D eigenvalue weighted by atomic mass is 10.1. The number of aromatic amines is 1. The number of pyridine rings is 1. The first-order valence-corrected chi connectivity index (χ1v) is 6.56. The van der Waals surface area contributed by atoms with Crippen molar-refractivity contribution in [3.8, 4) is 0 Å². The van der Waals surface area contributed by atoms with Crippen molar-refractivity contribution in [3.05, 3.63) is 46.9 Å². The van der Waals surface area contributed by atoms with Crippen LogP contribution >= 0.6 is 0 Å². The number of fused-ring (bicyclic) bond motifs is 1. The standard InChI is InChI=1S/C15H15N3O2/c19-15(20)13-8-10(9-17-13)3-5-12-6-4-11-2-1-7-16-14(11)18-12/h3-6,8-9,17H,1-2,7H2,(H,16,18)(H,19,20)/b5-3+. The smallest absolute Gasteiger partial charge is 0.352 e. The number of carboxylic acids is 1. The van der Waals surface area contributed by atoms with Crippen LogP contribution in [0.25, 0.3) is 12.2 Å². The maximum absolute atomic E-state index is 10.8. The summed E-state index contributed by atoms with van der Waals surface area (Å²) in [6.07, 6.45) is 7.60. The van der Waals surface area contributed by atoms with Gasteiger partial charge in [0.1, 0.15) is 11.5 Å². The van der Waals surface area contributed by atoms with E-state index in [4.69, 9.17) is 5.11 Å². The van der Waals surface area contributed by atoms with Crippen molar-refractivity contribution in [1.82, 2.24) is 9.97 Å². The number of carboxylic acid groups (broad SMARTS) is 1. The van der Waals surface area contributed by atoms with E-state index >= 15 is 0 Å². The summed E-state index contributed by atoms with van der Waals surface area (Å²) < 4.78 is 0. The Labute approximate surface area is 116 Å². The van der Waals surface area contributed by atoms with Crippen LogP contribution in [-0.2, 0) is 6.42 Å². The number of hydrogen-bond donors (Lipinski definition) is 3. The van der Waals surface area contributed by atoms with Gasteiger partial charge in [-0.15, -0.1) is 0 Å². The second-order valence-electron chi connectivity index (χ2n) is 4.76. The second-order valence-corrected chi connectivity index (χ2v) is 4.76. The average molecular weight is 269 g/mol. The van der Waals surface area contributed by atoms with Gasteiger partial charge in [0.2, 0.25) is 0 Å². The molecule has 102 valence electrons. The summed E-state index contributed by atoms with van der Waals surface area (Å²) in [4.78, 5) is 18.0. The minimum Gasteiger partial charge on any atom is -0.477 e. The molecule has 3 heterocycles. The van der Waals surface area contributed by atoms with Crippen molar-refractivity contribution < 1.29 is 9.90 Å². The molecule has 3 rings (SSSR count). The van der Waals surface area contributed by atoms with Gasteiger partial charge in [0.25, 0.3) is 0 Å². The second kappa shape index (κ2) is 5.21. The van der Waals surface area contributed by atoms with E-state index in [-0.39, 0.29) is 5.69 Å². The normalized spacial score (nSPS) is 14.0. The highest BCUT2D eigenvalue weighted by atomic mass is 16.4. The third-order valence-corrected chi connectivity index (χ3v) is 3.30. The summed E-state index contributed by atoms with van der Waals surface area (Å²) in [5, 5.41) is 12.1. The molecule has 0 amide bonds. The zero-order chi connectivity index (χ0) is 13.9. The fourth-order valence-corrected chi connectivity index (χ4v) is 2.25. The Morgan fingerprint density at radius 3 is 3.05 bits per heavy atom. The van der Waals surface area contributed by atoms with Crippen LogP contribution < -0.4 is 5.32 Å². The van der Waals surface area contributed by atoms with Crippen molar-refractivity contribution in [3.63, 3.8) is 0 Å². The number of rotatable bonds is 3. The topological polar surface area (TPSA) is 78.0 Å². The number of carbonyl (C=O) groups is 1. The number of H-pyrrole nitrogens is 1. The molecule has 0 bridgehead atoms. The number of nitrogens with zero attached hydrogens (tertiary/aromatic N) is 1. The van der Waals surface area contributed by atoms with E-state index in [0.717, 1.165) is 36.5 Å². The van der Waals surface area contributed by atoms with Gasteiger partial charge in [0.15, 0.2) is 0 Å². The Morgan fingerprint density at radius 2 is 2.25 bits per heavy atom. The summed E-state index contributed by atoms with van der Waals surface area (Å²) in [7, 11) is 0. The SMILES string of the molecule is O=C(O)c1cc(/C=C/c2ccc3c(n2)NCCC3)c[nH]1. The predicted octanol–water partition coefficient (Wildman–Crippen LogP) is 2.64. The third kappa shape index (κ3) is 2.56. The monoisotopic (exact) mass is 269 g/mol. The molecule has 0 unspecified atom stereocenters. The van der Waals surface area contributed by atoms with Crippen molar-refractivity contribution in [2.24, 2.45) is 0 Å². The van der Waals surface area contributed by atoms with Crippen LogP contribution in [0.2, 0.25) is 0 Å². The van der Waals surface area contributed by atoms with Gasteiger partial charge in [-0.2, -0.15) is 0 Å². The van der Waals surface area contributed by atoms with E-state index in [2.05, 4.69) is 21.4 Å². The fourth-order valence-electron chi connectivity index (χ4n) is 2.25. The summed E-state index contributed by atoms with van der Waals surface area (Å²) in [5.74, 6) is -0.000510. The highest BCUT2D eigenvalue weighted by molar-refractivity contribution is 5.87. The van der Waals surface area contributed by atoms with Gasteiger partial charge in [0.05, 0.1) is 5.69 Å². The van der Waals surface area contributed by atoms with Crippen LogP contribution in [-0.4, -0.2) is 27.6 Å². The molecule has 2 aromatic rings. The van der Waals surface area contributed by atoms with Gasteiger partial charge < -0.3 is 15.4 Å². The Hall–Kier alpha value is -2.56. The summed E-state index contributed by atoms with van der Waals surface area (Å²) in [6, 6.07) is 5.66. The first kappa shape index (κ1) is 12.5.